The molecule has 0 fully saturated rings. The molecule has 5 heteroatoms. The number of nitrogens with zero attached hydrogens (tertiary/aromatic N) is 2. The Labute approximate surface area is 125 Å². The van der Waals surface area contributed by atoms with E-state index in [2.05, 4.69) is 9.97 Å². The molecule has 0 atom stereocenters. The van der Waals surface area contributed by atoms with E-state index in [-0.39, 0.29) is 22.2 Å². The van der Waals surface area contributed by atoms with Crippen LogP contribution in [0.2, 0.25) is 5.15 Å². The van der Waals surface area contributed by atoms with Crippen LogP contribution in [0.1, 0.15) is 11.1 Å². The lowest BCUT2D eigenvalue weighted by molar-refractivity contribution is 0.619. The first-order chi connectivity index (χ1) is 9.97. The summed E-state index contributed by atoms with van der Waals surface area (Å²) in [4.78, 5) is 8.43. The molecule has 1 heterocycles. The zero-order valence-electron chi connectivity index (χ0n) is 11.4. The van der Waals surface area contributed by atoms with Gasteiger partial charge in [0.15, 0.2) is 5.82 Å². The van der Waals surface area contributed by atoms with Gasteiger partial charge in [0.25, 0.3) is 0 Å². The minimum absolute atomic E-state index is 0.0252. The molecule has 2 nitrogen and oxygen atoms in total. The highest BCUT2D eigenvalue weighted by molar-refractivity contribution is 6.34. The predicted octanol–water partition coefficient (Wildman–Crippen LogP) is 4.85. The lowest BCUT2D eigenvalue weighted by Crippen LogP contribution is -1.96. The van der Waals surface area contributed by atoms with Crippen molar-refractivity contribution in [2.24, 2.45) is 0 Å². The average Bonchev–Trinajstić information content (AvgIpc) is 2.45. The van der Waals surface area contributed by atoms with Gasteiger partial charge in [0, 0.05) is 5.56 Å². The lowest BCUT2D eigenvalue weighted by Gasteiger charge is -2.08. The van der Waals surface area contributed by atoms with Crippen LogP contribution in [0.25, 0.3) is 22.3 Å². The Morgan fingerprint density at radius 1 is 0.905 bits per heavy atom. The quantitative estimate of drug-likeness (QED) is 0.601. The Kier molecular flexibility index (Phi) is 3.33. The molecule has 0 aliphatic heterocycles. The van der Waals surface area contributed by atoms with E-state index in [0.717, 1.165) is 5.56 Å². The van der Waals surface area contributed by atoms with Crippen LogP contribution in [-0.4, -0.2) is 9.97 Å². The van der Waals surface area contributed by atoms with Crippen LogP contribution in [-0.2, 0) is 0 Å². The van der Waals surface area contributed by atoms with Gasteiger partial charge in [0.1, 0.15) is 16.8 Å². The minimum atomic E-state index is -0.470. The van der Waals surface area contributed by atoms with Gasteiger partial charge in [-0.05, 0) is 37.1 Å². The fourth-order valence-electron chi connectivity index (χ4n) is 2.15. The third-order valence-corrected chi connectivity index (χ3v) is 3.66. The Hall–Kier alpha value is -2.07. The molecule has 21 heavy (non-hydrogen) atoms. The summed E-state index contributed by atoms with van der Waals surface area (Å²) in [6, 6.07) is 7.66. The molecule has 1 aromatic heterocycles. The molecular formula is C16H11ClF2N2. The highest BCUT2D eigenvalue weighted by atomic mass is 35.5. The Balaban J connectivity index is 2.30. The van der Waals surface area contributed by atoms with E-state index in [4.69, 9.17) is 11.6 Å². The standard InChI is InChI=1S/C16H11ClF2N2/c1-8-3-5-10(7-12(8)19)16-20-14-9(2)4-6-11(18)13(14)15(17)21-16/h3-7H,1-2H3. The van der Waals surface area contributed by atoms with Crippen LogP contribution >= 0.6 is 11.6 Å². The van der Waals surface area contributed by atoms with E-state index < -0.39 is 5.82 Å². The zero-order valence-corrected chi connectivity index (χ0v) is 12.2. The largest absolute Gasteiger partial charge is 0.228 e. The number of aryl methyl sites for hydroxylation is 2. The smallest absolute Gasteiger partial charge is 0.161 e. The number of hydrogen-bond acceptors (Lipinski definition) is 2. The van der Waals surface area contributed by atoms with Crippen molar-refractivity contribution in [2.75, 3.05) is 0 Å². The van der Waals surface area contributed by atoms with Gasteiger partial charge in [-0.1, -0.05) is 29.8 Å². The predicted molar refractivity (Wildman–Crippen MR) is 79.4 cm³/mol. The van der Waals surface area contributed by atoms with E-state index in [1.165, 1.54) is 12.1 Å². The third-order valence-electron chi connectivity index (χ3n) is 3.39. The zero-order chi connectivity index (χ0) is 15.1. The molecule has 0 unspecified atom stereocenters. The van der Waals surface area contributed by atoms with Gasteiger partial charge in [-0.2, -0.15) is 0 Å². The summed E-state index contributed by atoms with van der Waals surface area (Å²) < 4.78 is 27.5. The molecule has 3 rings (SSSR count). The van der Waals surface area contributed by atoms with Gasteiger partial charge < -0.3 is 0 Å². The maximum absolute atomic E-state index is 13.9. The molecule has 0 aliphatic rings. The summed E-state index contributed by atoms with van der Waals surface area (Å²) in [7, 11) is 0. The van der Waals surface area contributed by atoms with Crippen molar-refractivity contribution < 1.29 is 8.78 Å². The second-order valence-electron chi connectivity index (χ2n) is 4.89. The molecule has 3 aromatic rings. The Morgan fingerprint density at radius 2 is 1.62 bits per heavy atom. The molecule has 0 N–H and O–H groups in total. The van der Waals surface area contributed by atoms with Crippen molar-refractivity contribution in [3.05, 3.63) is 58.2 Å². The second-order valence-corrected chi connectivity index (χ2v) is 5.25. The lowest BCUT2D eigenvalue weighted by atomic mass is 10.1. The van der Waals surface area contributed by atoms with Crippen molar-refractivity contribution in [3.63, 3.8) is 0 Å². The summed E-state index contributed by atoms with van der Waals surface area (Å²) in [5.74, 6) is -0.536. The fourth-order valence-corrected chi connectivity index (χ4v) is 2.41. The van der Waals surface area contributed by atoms with Gasteiger partial charge in [-0.3, -0.25) is 0 Å². The number of hydrogen-bond donors (Lipinski definition) is 0. The monoisotopic (exact) mass is 304 g/mol. The van der Waals surface area contributed by atoms with E-state index in [9.17, 15) is 8.78 Å². The molecule has 0 bridgehead atoms. The first-order valence-electron chi connectivity index (χ1n) is 6.36. The fraction of sp³-hybridized carbons (Fsp3) is 0.125. The number of aromatic nitrogens is 2. The topological polar surface area (TPSA) is 25.8 Å². The summed E-state index contributed by atoms with van der Waals surface area (Å²) in [6.45, 7) is 3.48. The van der Waals surface area contributed by atoms with Crippen LogP contribution < -0.4 is 0 Å². The Bertz CT molecular complexity index is 863. The van der Waals surface area contributed by atoms with Crippen molar-refractivity contribution in [1.82, 2.24) is 9.97 Å². The molecule has 0 saturated carbocycles. The van der Waals surface area contributed by atoms with Gasteiger partial charge in [-0.25, -0.2) is 18.7 Å². The highest BCUT2D eigenvalue weighted by Gasteiger charge is 2.14. The van der Waals surface area contributed by atoms with Crippen LogP contribution in [0, 0.1) is 25.5 Å². The molecular weight excluding hydrogens is 294 g/mol. The molecule has 2 aromatic carbocycles. The summed E-state index contributed by atoms with van der Waals surface area (Å²) in [5.41, 5.74) is 2.26. The first kappa shape index (κ1) is 13.9. The maximum atomic E-state index is 13.9. The average molecular weight is 305 g/mol. The molecule has 0 spiro atoms. The van der Waals surface area contributed by atoms with Crippen molar-refractivity contribution in [3.8, 4) is 11.4 Å². The first-order valence-corrected chi connectivity index (χ1v) is 6.74. The van der Waals surface area contributed by atoms with E-state index >= 15 is 0 Å². The normalized spacial score (nSPS) is 11.1. The van der Waals surface area contributed by atoms with Crippen LogP contribution in [0.4, 0.5) is 8.78 Å². The summed E-state index contributed by atoms with van der Waals surface area (Å²) in [6.07, 6.45) is 0. The summed E-state index contributed by atoms with van der Waals surface area (Å²) >= 11 is 6.08. The minimum Gasteiger partial charge on any atom is -0.228 e. The summed E-state index contributed by atoms with van der Waals surface area (Å²) in [5, 5.41) is 0.213. The van der Waals surface area contributed by atoms with E-state index in [1.54, 1.807) is 25.1 Å². The molecule has 0 radical (unpaired) electrons. The van der Waals surface area contributed by atoms with Gasteiger partial charge in [0.05, 0.1) is 10.9 Å². The number of benzene rings is 2. The highest BCUT2D eigenvalue weighted by Crippen LogP contribution is 2.29. The van der Waals surface area contributed by atoms with E-state index in [0.29, 0.717) is 16.6 Å². The molecule has 0 amide bonds. The number of rotatable bonds is 1. The van der Waals surface area contributed by atoms with E-state index in [1.807, 2.05) is 6.92 Å². The van der Waals surface area contributed by atoms with Crippen molar-refractivity contribution >= 4 is 22.5 Å². The third kappa shape index (κ3) is 2.36. The molecule has 106 valence electrons. The van der Waals surface area contributed by atoms with Gasteiger partial charge in [0.2, 0.25) is 0 Å². The van der Waals surface area contributed by atoms with Gasteiger partial charge >= 0.3 is 0 Å². The van der Waals surface area contributed by atoms with Crippen molar-refractivity contribution in [1.29, 1.82) is 0 Å². The van der Waals surface area contributed by atoms with Crippen LogP contribution in [0.5, 0.6) is 0 Å². The number of halogens is 3. The van der Waals surface area contributed by atoms with Crippen LogP contribution in [0.15, 0.2) is 30.3 Å². The maximum Gasteiger partial charge on any atom is 0.161 e. The van der Waals surface area contributed by atoms with Crippen LogP contribution in [0.3, 0.4) is 0 Å². The van der Waals surface area contributed by atoms with Gasteiger partial charge in [-0.15, -0.1) is 0 Å². The Morgan fingerprint density at radius 3 is 2.33 bits per heavy atom. The molecule has 0 aliphatic carbocycles. The second kappa shape index (κ2) is 5.04. The SMILES string of the molecule is Cc1ccc(-c2nc(Cl)c3c(F)ccc(C)c3n2)cc1F. The van der Waals surface area contributed by atoms with Crippen molar-refractivity contribution in [2.45, 2.75) is 13.8 Å². The number of fused-ring (bicyclic) bond motifs is 1. The molecule has 0 saturated heterocycles.